The van der Waals surface area contributed by atoms with E-state index in [0.717, 1.165) is 54.9 Å². The van der Waals surface area contributed by atoms with E-state index in [4.69, 9.17) is 5.73 Å². The number of nitrogens with zero attached hydrogens (tertiary/aromatic N) is 2. The summed E-state index contributed by atoms with van der Waals surface area (Å²) in [5.41, 5.74) is 11.9. The number of hydrogen-bond acceptors (Lipinski definition) is 5. The molecule has 5 nitrogen and oxygen atoms in total. The maximum absolute atomic E-state index is 13.5. The van der Waals surface area contributed by atoms with Crippen molar-refractivity contribution in [1.29, 1.82) is 0 Å². The number of carbonyl (C=O) groups excluding carboxylic acids is 1. The molecular formula is C24H30N4O. The van der Waals surface area contributed by atoms with E-state index < -0.39 is 0 Å². The monoisotopic (exact) mass is 390 g/mol. The van der Waals surface area contributed by atoms with Crippen LogP contribution in [0.25, 0.3) is 0 Å². The molecule has 3 N–H and O–H groups in total. The number of ketones is 1. The third kappa shape index (κ3) is 4.10. The molecule has 0 spiro atoms. The lowest BCUT2D eigenvalue weighted by Crippen LogP contribution is -2.43. The maximum Gasteiger partial charge on any atom is 0.195 e. The van der Waals surface area contributed by atoms with Crippen molar-refractivity contribution in [3.8, 4) is 0 Å². The number of Topliss-reactive ketones (excluding diaryl/α,β-unsaturated/α-hetero) is 1. The molecular weight excluding hydrogens is 360 g/mol. The fraction of sp³-hybridized carbons (Fsp3) is 0.333. The Morgan fingerprint density at radius 3 is 2.48 bits per heavy atom. The highest BCUT2D eigenvalue weighted by molar-refractivity contribution is 6.37. The minimum atomic E-state index is 0.00457. The molecule has 5 heteroatoms. The van der Waals surface area contributed by atoms with Gasteiger partial charge in [-0.15, -0.1) is 0 Å². The van der Waals surface area contributed by atoms with Crippen LogP contribution in [0, 0.1) is 0 Å². The zero-order valence-corrected chi connectivity index (χ0v) is 17.6. The van der Waals surface area contributed by atoms with Gasteiger partial charge in [0.15, 0.2) is 5.78 Å². The first-order valence-corrected chi connectivity index (χ1v) is 10.2. The lowest BCUT2D eigenvalue weighted by Gasteiger charge is -2.33. The van der Waals surface area contributed by atoms with Crippen LogP contribution in [0.4, 0.5) is 0 Å². The van der Waals surface area contributed by atoms with Crippen LogP contribution in [0.1, 0.15) is 32.8 Å². The summed E-state index contributed by atoms with van der Waals surface area (Å²) in [6.07, 6.45) is 2.79. The van der Waals surface area contributed by atoms with Gasteiger partial charge in [-0.05, 0) is 25.8 Å². The van der Waals surface area contributed by atoms with Crippen molar-refractivity contribution in [2.24, 2.45) is 10.7 Å². The van der Waals surface area contributed by atoms with E-state index in [-0.39, 0.29) is 11.6 Å². The van der Waals surface area contributed by atoms with Crippen molar-refractivity contribution in [1.82, 2.24) is 10.2 Å². The Balaban J connectivity index is 2.23. The maximum atomic E-state index is 13.5. The number of rotatable bonds is 5. The van der Waals surface area contributed by atoms with Gasteiger partial charge in [0.2, 0.25) is 0 Å². The first kappa shape index (κ1) is 20.8. The second-order valence-electron chi connectivity index (χ2n) is 7.26. The fourth-order valence-electron chi connectivity index (χ4n) is 4.18. The van der Waals surface area contributed by atoms with Gasteiger partial charge in [-0.1, -0.05) is 49.9 Å². The van der Waals surface area contributed by atoms with Gasteiger partial charge in [-0.25, -0.2) is 4.99 Å². The van der Waals surface area contributed by atoms with Crippen molar-refractivity contribution in [3.05, 3.63) is 82.4 Å². The average molecular weight is 391 g/mol. The number of benzene rings is 1. The standard InChI is InChI=1S/C24H30N4O/c1-5-19-21(20(6-2)28-14-12-26-13-15-28)16(3)22(24(19)29)23(27-17(4)25)18-10-8-7-9-11-18/h5,7-11,26H,4,6,12-15,25H2,1-3H3/b19-5+,21-20+,27-23-. The topological polar surface area (TPSA) is 70.7 Å². The molecule has 2 aliphatic rings. The molecule has 1 aliphatic carbocycles. The summed E-state index contributed by atoms with van der Waals surface area (Å²) in [6.45, 7) is 13.6. The second-order valence-corrected chi connectivity index (χ2v) is 7.26. The van der Waals surface area contributed by atoms with Crippen LogP contribution in [0.15, 0.2) is 81.8 Å². The Kier molecular flexibility index (Phi) is 6.49. The molecule has 29 heavy (non-hydrogen) atoms. The molecule has 152 valence electrons. The molecule has 0 bridgehead atoms. The average Bonchev–Trinajstić information content (AvgIpc) is 2.98. The number of piperazine rings is 1. The van der Waals surface area contributed by atoms with Crippen molar-refractivity contribution in [2.75, 3.05) is 26.2 Å². The molecule has 1 heterocycles. The largest absolute Gasteiger partial charge is 0.384 e. The Bertz CT molecular complexity index is 929. The SMILES string of the molecule is C=C(N)/N=C(C1=C(C)C(=C(/CC)N2CCNCC2)/C(=C\C)C1=O)/c1ccccc1. The molecule has 0 amide bonds. The van der Waals surface area contributed by atoms with Crippen LogP contribution in [-0.2, 0) is 4.79 Å². The highest BCUT2D eigenvalue weighted by Crippen LogP contribution is 2.39. The summed E-state index contributed by atoms with van der Waals surface area (Å²) >= 11 is 0. The van der Waals surface area contributed by atoms with Gasteiger partial charge >= 0.3 is 0 Å². The lowest BCUT2D eigenvalue weighted by atomic mass is 9.98. The summed E-state index contributed by atoms with van der Waals surface area (Å²) in [7, 11) is 0. The quantitative estimate of drug-likeness (QED) is 0.598. The first-order valence-electron chi connectivity index (χ1n) is 10.2. The van der Waals surface area contributed by atoms with Crippen LogP contribution in [-0.4, -0.2) is 42.6 Å². The van der Waals surface area contributed by atoms with Crippen LogP contribution >= 0.6 is 0 Å². The summed E-state index contributed by atoms with van der Waals surface area (Å²) < 4.78 is 0. The van der Waals surface area contributed by atoms with Gasteiger partial charge in [0.25, 0.3) is 0 Å². The van der Waals surface area contributed by atoms with Crippen LogP contribution in [0.2, 0.25) is 0 Å². The number of carbonyl (C=O) groups is 1. The third-order valence-electron chi connectivity index (χ3n) is 5.44. The van der Waals surface area contributed by atoms with E-state index in [2.05, 4.69) is 28.7 Å². The van der Waals surface area contributed by atoms with E-state index in [9.17, 15) is 4.79 Å². The molecule has 0 aromatic heterocycles. The third-order valence-corrected chi connectivity index (χ3v) is 5.44. The van der Waals surface area contributed by atoms with Crippen LogP contribution in [0.5, 0.6) is 0 Å². The summed E-state index contributed by atoms with van der Waals surface area (Å²) in [5.74, 6) is 0.194. The van der Waals surface area contributed by atoms with Crippen molar-refractivity contribution in [3.63, 3.8) is 0 Å². The fourth-order valence-corrected chi connectivity index (χ4v) is 4.18. The van der Waals surface area contributed by atoms with E-state index >= 15 is 0 Å². The minimum Gasteiger partial charge on any atom is -0.384 e. The number of allylic oxidation sites excluding steroid dienone is 6. The number of hydrogen-bond donors (Lipinski definition) is 2. The highest BCUT2D eigenvalue weighted by Gasteiger charge is 2.36. The van der Waals surface area contributed by atoms with Gasteiger partial charge in [0, 0.05) is 48.6 Å². The molecule has 0 atom stereocenters. The molecule has 0 saturated carbocycles. The highest BCUT2D eigenvalue weighted by atomic mass is 16.1. The van der Waals surface area contributed by atoms with Crippen LogP contribution in [0.3, 0.4) is 0 Å². The predicted octanol–water partition coefficient (Wildman–Crippen LogP) is 3.32. The van der Waals surface area contributed by atoms with Crippen LogP contribution < -0.4 is 11.1 Å². The molecule has 1 aliphatic heterocycles. The Morgan fingerprint density at radius 2 is 1.93 bits per heavy atom. The Hall–Kier alpha value is -2.92. The Morgan fingerprint density at radius 1 is 1.28 bits per heavy atom. The van der Waals surface area contributed by atoms with E-state index in [1.54, 1.807) is 0 Å². The zero-order chi connectivity index (χ0) is 21.0. The summed E-state index contributed by atoms with van der Waals surface area (Å²) in [4.78, 5) is 20.4. The number of nitrogens with two attached hydrogens (primary N) is 1. The molecule has 0 radical (unpaired) electrons. The van der Waals surface area contributed by atoms with E-state index in [0.29, 0.717) is 11.3 Å². The van der Waals surface area contributed by atoms with E-state index in [1.807, 2.05) is 50.3 Å². The van der Waals surface area contributed by atoms with Gasteiger partial charge < -0.3 is 16.0 Å². The van der Waals surface area contributed by atoms with E-state index in [1.165, 1.54) is 5.70 Å². The minimum absolute atomic E-state index is 0.00457. The Labute approximate surface area is 173 Å². The zero-order valence-electron chi connectivity index (χ0n) is 17.6. The smallest absolute Gasteiger partial charge is 0.195 e. The van der Waals surface area contributed by atoms with Gasteiger partial charge in [-0.2, -0.15) is 0 Å². The summed E-state index contributed by atoms with van der Waals surface area (Å²) in [5, 5.41) is 3.40. The molecule has 3 rings (SSSR count). The molecule has 1 aromatic carbocycles. The number of aliphatic imine (C=N–C) groups is 1. The van der Waals surface area contributed by atoms with Gasteiger partial charge in [0.05, 0.1) is 11.3 Å². The van der Waals surface area contributed by atoms with Gasteiger partial charge in [-0.3, -0.25) is 4.79 Å². The molecule has 1 fully saturated rings. The van der Waals surface area contributed by atoms with Crippen molar-refractivity contribution >= 4 is 11.5 Å². The first-order chi connectivity index (χ1) is 14.0. The van der Waals surface area contributed by atoms with Crippen molar-refractivity contribution in [2.45, 2.75) is 27.2 Å². The molecule has 1 aromatic rings. The normalized spacial score (nSPS) is 21.2. The second kappa shape index (κ2) is 9.05. The van der Waals surface area contributed by atoms with Gasteiger partial charge in [0.1, 0.15) is 5.82 Å². The molecule has 0 unspecified atom stereocenters. The lowest BCUT2D eigenvalue weighted by molar-refractivity contribution is -0.111. The van der Waals surface area contributed by atoms with Crippen molar-refractivity contribution < 1.29 is 4.79 Å². The number of nitrogens with one attached hydrogen (secondary N) is 1. The predicted molar refractivity (Wildman–Crippen MR) is 120 cm³/mol. The summed E-state index contributed by atoms with van der Waals surface area (Å²) in [6, 6.07) is 9.71. The molecule has 1 saturated heterocycles.